The third-order valence-electron chi connectivity index (χ3n) is 6.15. The average Bonchev–Trinajstić information content (AvgIpc) is 2.35. The highest BCUT2D eigenvalue weighted by Gasteiger charge is 2.49. The molecule has 24 heavy (non-hydrogen) atoms. The zero-order valence-electron chi connectivity index (χ0n) is 17.3. The Kier molecular flexibility index (Phi) is 6.38. The van der Waals surface area contributed by atoms with Gasteiger partial charge in [-0.05, 0) is 42.7 Å². The summed E-state index contributed by atoms with van der Waals surface area (Å²) >= 11 is 0. The highest BCUT2D eigenvalue weighted by molar-refractivity contribution is 6.74. The maximum absolute atomic E-state index is 12.6. The van der Waals surface area contributed by atoms with Crippen molar-refractivity contribution in [3.05, 3.63) is 0 Å². The monoisotopic (exact) mass is 374 g/mol. The lowest BCUT2D eigenvalue weighted by molar-refractivity contribution is -0.143. The predicted molar refractivity (Wildman–Crippen MR) is 104 cm³/mol. The van der Waals surface area contributed by atoms with Gasteiger partial charge in [-0.15, -0.1) is 0 Å². The van der Waals surface area contributed by atoms with Crippen LogP contribution in [-0.2, 0) is 13.6 Å². The lowest BCUT2D eigenvalue weighted by Crippen LogP contribution is -2.59. The molecule has 0 unspecified atom stereocenters. The minimum atomic E-state index is -2.12. The fraction of sp³-hybridized carbons (Fsp3) is 0.944. The van der Waals surface area contributed by atoms with Gasteiger partial charge in [-0.2, -0.15) is 0 Å². The maximum atomic E-state index is 12.6. The predicted octanol–water partition coefficient (Wildman–Crippen LogP) is 4.49. The number of aliphatic hydroxyl groups excluding tert-OH is 1. The molecule has 3 atom stereocenters. The molecule has 1 fully saturated rings. The molecular formula is C18H38O4Si2. The molecule has 0 aromatic carbocycles. The van der Waals surface area contributed by atoms with Gasteiger partial charge in [-0.1, -0.05) is 41.5 Å². The summed E-state index contributed by atoms with van der Waals surface area (Å²) in [7, 11) is -4.23. The highest BCUT2D eigenvalue weighted by Crippen LogP contribution is 2.42. The van der Waals surface area contributed by atoms with Crippen LogP contribution in [0.15, 0.2) is 0 Å². The largest absolute Gasteiger partial charge is 0.408 e. The first-order chi connectivity index (χ1) is 10.5. The van der Waals surface area contributed by atoms with Crippen LogP contribution in [0, 0.1) is 0 Å². The van der Waals surface area contributed by atoms with Crippen LogP contribution in [-0.4, -0.2) is 45.8 Å². The summed E-state index contributed by atoms with van der Waals surface area (Å²) in [5, 5.41) is 10.6. The Balaban J connectivity index is 3.11. The van der Waals surface area contributed by atoms with Gasteiger partial charge in [0, 0.05) is 6.42 Å². The quantitative estimate of drug-likeness (QED) is 0.737. The van der Waals surface area contributed by atoms with E-state index in [1.54, 1.807) is 0 Å². The second-order valence-electron chi connectivity index (χ2n) is 10.2. The van der Waals surface area contributed by atoms with Crippen molar-refractivity contribution in [1.82, 2.24) is 0 Å². The van der Waals surface area contributed by atoms with Gasteiger partial charge in [0.2, 0.25) is 0 Å². The van der Waals surface area contributed by atoms with Crippen molar-refractivity contribution in [3.63, 3.8) is 0 Å². The first-order valence-corrected chi connectivity index (χ1v) is 14.9. The highest BCUT2D eigenvalue weighted by atomic mass is 28.4. The topological polar surface area (TPSA) is 55.8 Å². The zero-order valence-corrected chi connectivity index (χ0v) is 19.3. The van der Waals surface area contributed by atoms with Crippen LogP contribution < -0.4 is 0 Å². The molecule has 142 valence electrons. The summed E-state index contributed by atoms with van der Waals surface area (Å²) in [5.41, 5.74) is 0. The minimum absolute atomic E-state index is 0.0111. The molecule has 4 nitrogen and oxygen atoms in total. The zero-order chi connectivity index (χ0) is 19.1. The molecule has 0 spiro atoms. The number of hydrogen-bond donors (Lipinski definition) is 1. The average molecular weight is 375 g/mol. The number of carbonyl (C=O) groups excluding carboxylic acids is 1. The number of carbonyl (C=O) groups is 1. The molecule has 1 aliphatic carbocycles. The molecule has 0 heterocycles. The SMILES string of the molecule is CC(C)(C)[Si](C)(C)O[C@H]1[C@@H](O)CCC(=O)[C@@H]1O[Si](C)(C)C(C)(C)C. The molecule has 0 amide bonds. The van der Waals surface area contributed by atoms with E-state index in [9.17, 15) is 9.90 Å². The minimum Gasteiger partial charge on any atom is -0.408 e. The Bertz CT molecular complexity index is 461. The molecule has 0 bridgehead atoms. The molecule has 1 saturated carbocycles. The van der Waals surface area contributed by atoms with Crippen molar-refractivity contribution in [3.8, 4) is 0 Å². The number of Topliss-reactive ketones (excluding diaryl/α,β-unsaturated/α-hetero) is 1. The number of aliphatic hydroxyl groups is 1. The van der Waals surface area contributed by atoms with Crippen LogP contribution in [0.4, 0.5) is 0 Å². The van der Waals surface area contributed by atoms with Gasteiger partial charge in [-0.3, -0.25) is 4.79 Å². The fourth-order valence-corrected chi connectivity index (χ4v) is 4.83. The Hall–Kier alpha value is -0.0162. The van der Waals surface area contributed by atoms with E-state index >= 15 is 0 Å². The molecule has 0 aromatic heterocycles. The second kappa shape index (κ2) is 6.95. The molecular weight excluding hydrogens is 336 g/mol. The van der Waals surface area contributed by atoms with E-state index in [1.165, 1.54) is 0 Å². The van der Waals surface area contributed by atoms with Crippen molar-refractivity contribution in [2.75, 3.05) is 0 Å². The van der Waals surface area contributed by atoms with Crippen LogP contribution in [0.25, 0.3) is 0 Å². The summed E-state index contributed by atoms with van der Waals surface area (Å²) in [6.45, 7) is 21.6. The number of ketones is 1. The van der Waals surface area contributed by atoms with Gasteiger partial charge in [-0.25, -0.2) is 0 Å². The van der Waals surface area contributed by atoms with Crippen LogP contribution >= 0.6 is 0 Å². The van der Waals surface area contributed by atoms with Crippen LogP contribution in [0.3, 0.4) is 0 Å². The Morgan fingerprint density at radius 3 is 1.75 bits per heavy atom. The molecule has 6 heteroatoms. The van der Waals surface area contributed by atoms with Gasteiger partial charge in [0.15, 0.2) is 22.4 Å². The third-order valence-corrected chi connectivity index (χ3v) is 15.1. The van der Waals surface area contributed by atoms with Gasteiger partial charge < -0.3 is 14.0 Å². The van der Waals surface area contributed by atoms with E-state index in [4.69, 9.17) is 8.85 Å². The third kappa shape index (κ3) is 4.78. The molecule has 1 rings (SSSR count). The van der Waals surface area contributed by atoms with Gasteiger partial charge in [0.25, 0.3) is 0 Å². The van der Waals surface area contributed by atoms with Crippen LogP contribution in [0.5, 0.6) is 0 Å². The Labute approximate surface area is 150 Å². The number of hydrogen-bond acceptors (Lipinski definition) is 4. The molecule has 0 radical (unpaired) electrons. The lowest BCUT2D eigenvalue weighted by atomic mass is 9.91. The van der Waals surface area contributed by atoms with Crippen LogP contribution in [0.2, 0.25) is 36.3 Å². The van der Waals surface area contributed by atoms with E-state index < -0.39 is 34.9 Å². The summed E-state index contributed by atoms with van der Waals surface area (Å²) in [6, 6.07) is 0. The van der Waals surface area contributed by atoms with Crippen LogP contribution in [0.1, 0.15) is 54.4 Å². The smallest absolute Gasteiger partial charge is 0.193 e. The maximum Gasteiger partial charge on any atom is 0.193 e. The normalized spacial score (nSPS) is 27.5. The van der Waals surface area contributed by atoms with Gasteiger partial charge in [0.05, 0.1) is 6.10 Å². The first-order valence-electron chi connectivity index (χ1n) is 9.06. The molecule has 1 aliphatic rings. The Morgan fingerprint density at radius 2 is 1.33 bits per heavy atom. The molecule has 0 aliphatic heterocycles. The summed E-state index contributed by atoms with van der Waals surface area (Å²) in [6.07, 6.45) is -0.968. The lowest BCUT2D eigenvalue weighted by Gasteiger charge is -2.47. The summed E-state index contributed by atoms with van der Waals surface area (Å²) < 4.78 is 12.9. The van der Waals surface area contributed by atoms with Crippen molar-refractivity contribution in [1.29, 1.82) is 0 Å². The van der Waals surface area contributed by atoms with E-state index in [2.05, 4.69) is 67.7 Å². The van der Waals surface area contributed by atoms with E-state index in [0.717, 1.165) is 0 Å². The standard InChI is InChI=1S/C18H38O4Si2/c1-17(2,3)23(7,8)21-15-13(19)11-12-14(20)16(15)22-24(9,10)18(4,5)6/h13,15-16,19H,11-12H2,1-10H3/t13-,15-,16-/m0/s1. The van der Waals surface area contributed by atoms with Gasteiger partial charge >= 0.3 is 0 Å². The fourth-order valence-electron chi connectivity index (χ4n) is 2.27. The van der Waals surface area contributed by atoms with E-state index in [0.29, 0.717) is 12.8 Å². The first kappa shape index (κ1) is 22.0. The summed E-state index contributed by atoms with van der Waals surface area (Å²) in [4.78, 5) is 12.6. The van der Waals surface area contributed by atoms with E-state index in [-0.39, 0.29) is 15.9 Å². The molecule has 1 N–H and O–H groups in total. The van der Waals surface area contributed by atoms with E-state index in [1.807, 2.05) is 0 Å². The van der Waals surface area contributed by atoms with Gasteiger partial charge in [0.1, 0.15) is 12.2 Å². The molecule has 0 saturated heterocycles. The Morgan fingerprint density at radius 1 is 0.917 bits per heavy atom. The van der Waals surface area contributed by atoms with Crippen molar-refractivity contribution < 1.29 is 18.8 Å². The summed E-state index contributed by atoms with van der Waals surface area (Å²) in [5.74, 6) is 0.0776. The number of rotatable bonds is 4. The molecule has 0 aromatic rings. The van der Waals surface area contributed by atoms with Crippen molar-refractivity contribution in [2.45, 2.75) is 109 Å². The second-order valence-corrected chi connectivity index (χ2v) is 19.7. The van der Waals surface area contributed by atoms with Crippen molar-refractivity contribution in [2.24, 2.45) is 0 Å². The van der Waals surface area contributed by atoms with Crippen molar-refractivity contribution >= 4 is 22.4 Å².